The number of amides is 1. The Morgan fingerprint density at radius 3 is 2.16 bits per heavy atom. The predicted octanol–water partition coefficient (Wildman–Crippen LogP) is 5.01. The van der Waals surface area contributed by atoms with Crippen molar-refractivity contribution in [3.05, 3.63) is 106 Å². The van der Waals surface area contributed by atoms with Crippen molar-refractivity contribution in [2.24, 2.45) is 0 Å². The van der Waals surface area contributed by atoms with Gasteiger partial charge in [0, 0.05) is 25.7 Å². The molecule has 0 aliphatic carbocycles. The van der Waals surface area contributed by atoms with Gasteiger partial charge in [-0.1, -0.05) is 60.7 Å². The molecule has 0 saturated carbocycles. The van der Waals surface area contributed by atoms with E-state index in [2.05, 4.69) is 48.3 Å². The highest BCUT2D eigenvalue weighted by molar-refractivity contribution is 5.88. The maximum atomic E-state index is 13.6. The molecule has 0 spiro atoms. The fourth-order valence-corrected chi connectivity index (χ4v) is 4.65. The van der Waals surface area contributed by atoms with E-state index < -0.39 is 0 Å². The molecule has 1 fully saturated rings. The van der Waals surface area contributed by atoms with Crippen LogP contribution in [-0.4, -0.2) is 36.5 Å². The number of halogens is 1. The summed E-state index contributed by atoms with van der Waals surface area (Å²) in [7, 11) is 0. The molecule has 1 N–H and O–H groups in total. The van der Waals surface area contributed by atoms with Gasteiger partial charge in [0.15, 0.2) is 0 Å². The van der Waals surface area contributed by atoms with Gasteiger partial charge in [-0.15, -0.1) is 0 Å². The zero-order chi connectivity index (χ0) is 22.5. The minimum absolute atomic E-state index is 0.0685. The van der Waals surface area contributed by atoms with Gasteiger partial charge in [-0.2, -0.15) is 0 Å². The Morgan fingerprint density at radius 1 is 0.969 bits per heavy atom. The van der Waals surface area contributed by atoms with Gasteiger partial charge >= 0.3 is 0 Å². The molecule has 4 rings (SSSR count). The van der Waals surface area contributed by atoms with Crippen LogP contribution in [0, 0.1) is 19.7 Å². The number of nitrogens with one attached hydrogen (secondary N) is 1. The smallest absolute Gasteiger partial charge is 0.232 e. The molecule has 0 aromatic heterocycles. The lowest BCUT2D eigenvalue weighted by Gasteiger charge is -2.24. The fourth-order valence-electron chi connectivity index (χ4n) is 4.65. The SMILES string of the molecule is Cc1ccccc1C(C(=O)NC1CCN(CCc2ccc(F)cc2)C1)c1ccccc1C. The van der Waals surface area contributed by atoms with Crippen molar-refractivity contribution in [2.45, 2.75) is 38.6 Å². The van der Waals surface area contributed by atoms with Gasteiger partial charge in [0.1, 0.15) is 5.82 Å². The first-order valence-corrected chi connectivity index (χ1v) is 11.4. The first kappa shape index (κ1) is 22.2. The third-order valence-corrected chi connectivity index (χ3v) is 6.51. The van der Waals surface area contributed by atoms with Crippen LogP contribution in [0.25, 0.3) is 0 Å². The maximum absolute atomic E-state index is 13.6. The Labute approximate surface area is 190 Å². The van der Waals surface area contributed by atoms with Crippen LogP contribution in [0.2, 0.25) is 0 Å². The fraction of sp³-hybridized carbons (Fsp3) is 0.321. The second kappa shape index (κ2) is 10.1. The first-order valence-electron chi connectivity index (χ1n) is 11.4. The zero-order valence-electron chi connectivity index (χ0n) is 18.9. The second-order valence-corrected chi connectivity index (χ2v) is 8.82. The molecule has 3 nitrogen and oxygen atoms in total. The normalized spacial score (nSPS) is 16.4. The highest BCUT2D eigenvalue weighted by Gasteiger charge is 2.30. The lowest BCUT2D eigenvalue weighted by atomic mass is 9.85. The average Bonchev–Trinajstić information content (AvgIpc) is 3.23. The number of carbonyl (C=O) groups excluding carboxylic acids is 1. The molecule has 4 heteroatoms. The summed E-state index contributed by atoms with van der Waals surface area (Å²) >= 11 is 0. The van der Waals surface area contributed by atoms with E-state index in [1.165, 1.54) is 12.1 Å². The van der Waals surface area contributed by atoms with Crippen molar-refractivity contribution in [1.29, 1.82) is 0 Å². The molecule has 1 aliphatic rings. The highest BCUT2D eigenvalue weighted by atomic mass is 19.1. The zero-order valence-corrected chi connectivity index (χ0v) is 18.9. The summed E-state index contributed by atoms with van der Waals surface area (Å²) in [6.07, 6.45) is 1.83. The molecule has 3 aromatic rings. The number of hydrogen-bond acceptors (Lipinski definition) is 2. The van der Waals surface area contributed by atoms with Gasteiger partial charge in [0.05, 0.1) is 5.92 Å². The molecule has 0 bridgehead atoms. The number of aryl methyl sites for hydroxylation is 2. The molecule has 1 saturated heterocycles. The van der Waals surface area contributed by atoms with Crippen LogP contribution < -0.4 is 5.32 Å². The van der Waals surface area contributed by atoms with Crippen LogP contribution in [0.5, 0.6) is 0 Å². The summed E-state index contributed by atoms with van der Waals surface area (Å²) in [6.45, 7) is 6.87. The molecule has 166 valence electrons. The van der Waals surface area contributed by atoms with Crippen molar-refractivity contribution in [2.75, 3.05) is 19.6 Å². The quantitative estimate of drug-likeness (QED) is 0.572. The van der Waals surface area contributed by atoms with Crippen molar-refractivity contribution in [3.63, 3.8) is 0 Å². The molecule has 3 aromatic carbocycles. The van der Waals surface area contributed by atoms with E-state index in [0.29, 0.717) is 0 Å². The number of hydrogen-bond donors (Lipinski definition) is 1. The van der Waals surface area contributed by atoms with E-state index in [4.69, 9.17) is 0 Å². The van der Waals surface area contributed by atoms with Crippen LogP contribution in [0.4, 0.5) is 4.39 Å². The minimum atomic E-state index is -0.314. The third kappa shape index (κ3) is 5.25. The van der Waals surface area contributed by atoms with Gasteiger partial charge in [-0.25, -0.2) is 4.39 Å². The first-order chi connectivity index (χ1) is 15.5. The maximum Gasteiger partial charge on any atom is 0.232 e. The van der Waals surface area contributed by atoms with Crippen LogP contribution >= 0.6 is 0 Å². The number of nitrogens with zero attached hydrogens (tertiary/aromatic N) is 1. The molecule has 1 heterocycles. The number of carbonyl (C=O) groups is 1. The highest BCUT2D eigenvalue weighted by Crippen LogP contribution is 2.30. The summed E-state index contributed by atoms with van der Waals surface area (Å²) < 4.78 is 13.1. The summed E-state index contributed by atoms with van der Waals surface area (Å²) in [4.78, 5) is 15.9. The third-order valence-electron chi connectivity index (χ3n) is 6.51. The van der Waals surface area contributed by atoms with E-state index in [0.717, 1.165) is 60.3 Å². The summed E-state index contributed by atoms with van der Waals surface area (Å²) in [5.74, 6) is -0.445. The average molecular weight is 431 g/mol. The van der Waals surface area contributed by atoms with Crippen molar-refractivity contribution in [1.82, 2.24) is 10.2 Å². The van der Waals surface area contributed by atoms with Gasteiger partial charge in [0.25, 0.3) is 0 Å². The summed E-state index contributed by atoms with van der Waals surface area (Å²) in [6, 6.07) is 23.2. The van der Waals surface area contributed by atoms with E-state index in [9.17, 15) is 9.18 Å². The number of rotatable bonds is 7. The van der Waals surface area contributed by atoms with Crippen molar-refractivity contribution < 1.29 is 9.18 Å². The lowest BCUT2D eigenvalue weighted by molar-refractivity contribution is -0.122. The Kier molecular flexibility index (Phi) is 7.01. The molecule has 0 radical (unpaired) electrons. The molecular formula is C28H31FN2O. The standard InChI is InChI=1S/C28H31FN2O/c1-20-7-3-5-9-25(20)27(26-10-6-4-8-21(26)2)28(32)30-24-16-18-31(19-24)17-15-22-11-13-23(29)14-12-22/h3-14,24,27H,15-19H2,1-2H3,(H,30,32). The number of likely N-dealkylation sites (tertiary alicyclic amines) is 1. The lowest BCUT2D eigenvalue weighted by Crippen LogP contribution is -2.40. The number of benzene rings is 3. The molecule has 1 aliphatic heterocycles. The topological polar surface area (TPSA) is 32.3 Å². The Bertz CT molecular complexity index is 1020. The monoisotopic (exact) mass is 430 g/mol. The van der Waals surface area contributed by atoms with E-state index in [-0.39, 0.29) is 23.7 Å². The van der Waals surface area contributed by atoms with Crippen LogP contribution in [0.1, 0.15) is 40.2 Å². The second-order valence-electron chi connectivity index (χ2n) is 8.82. The molecule has 1 atom stereocenters. The largest absolute Gasteiger partial charge is 0.351 e. The van der Waals surface area contributed by atoms with E-state index in [1.54, 1.807) is 0 Å². The van der Waals surface area contributed by atoms with Gasteiger partial charge in [0.2, 0.25) is 5.91 Å². The van der Waals surface area contributed by atoms with Crippen molar-refractivity contribution >= 4 is 5.91 Å². The van der Waals surface area contributed by atoms with Crippen LogP contribution in [0.15, 0.2) is 72.8 Å². The Hall–Kier alpha value is -2.98. The van der Waals surface area contributed by atoms with Crippen LogP contribution in [-0.2, 0) is 11.2 Å². The molecular weight excluding hydrogens is 399 g/mol. The molecule has 1 amide bonds. The summed E-state index contributed by atoms with van der Waals surface area (Å²) in [5, 5.41) is 3.34. The summed E-state index contributed by atoms with van der Waals surface area (Å²) in [5.41, 5.74) is 5.51. The molecule has 1 unspecified atom stereocenters. The van der Waals surface area contributed by atoms with Gasteiger partial charge < -0.3 is 10.2 Å². The minimum Gasteiger partial charge on any atom is -0.351 e. The van der Waals surface area contributed by atoms with E-state index in [1.807, 2.05) is 36.4 Å². The molecule has 32 heavy (non-hydrogen) atoms. The van der Waals surface area contributed by atoms with Crippen LogP contribution in [0.3, 0.4) is 0 Å². The predicted molar refractivity (Wildman–Crippen MR) is 127 cm³/mol. The van der Waals surface area contributed by atoms with Gasteiger partial charge in [-0.3, -0.25) is 4.79 Å². The Morgan fingerprint density at radius 2 is 1.56 bits per heavy atom. The van der Waals surface area contributed by atoms with Gasteiger partial charge in [-0.05, 0) is 66.6 Å². The van der Waals surface area contributed by atoms with Crippen molar-refractivity contribution in [3.8, 4) is 0 Å². The van der Waals surface area contributed by atoms with E-state index >= 15 is 0 Å². The Balaban J connectivity index is 1.43.